The lowest BCUT2D eigenvalue weighted by Gasteiger charge is -2.38. The van der Waals surface area contributed by atoms with Crippen molar-refractivity contribution < 1.29 is 14.0 Å². The first-order valence-corrected chi connectivity index (χ1v) is 14.8. The van der Waals surface area contributed by atoms with E-state index in [-0.39, 0.29) is 17.7 Å². The van der Waals surface area contributed by atoms with E-state index in [2.05, 4.69) is 44.8 Å². The topological polar surface area (TPSA) is 47.9 Å². The van der Waals surface area contributed by atoms with Crippen molar-refractivity contribution in [1.82, 2.24) is 0 Å². The van der Waals surface area contributed by atoms with Crippen molar-refractivity contribution in [3.05, 3.63) is 78.4 Å². The van der Waals surface area contributed by atoms with Gasteiger partial charge in [-0.05, 0) is 42.8 Å². The van der Waals surface area contributed by atoms with Gasteiger partial charge >= 0.3 is 6.09 Å². The van der Waals surface area contributed by atoms with Crippen LogP contribution < -0.4 is 0 Å². The summed E-state index contributed by atoms with van der Waals surface area (Å²) < 4.78 is 16.4. The summed E-state index contributed by atoms with van der Waals surface area (Å²) in [6.07, 6.45) is 1.10. The van der Waals surface area contributed by atoms with Crippen LogP contribution >= 0.6 is 0 Å². The molecule has 31 heavy (non-hydrogen) atoms. The average molecular weight is 458 g/mol. The molecule has 0 aliphatic rings. The van der Waals surface area contributed by atoms with Crippen LogP contribution in [0.25, 0.3) is 0 Å². The molecule has 0 N–H and O–H groups in total. The van der Waals surface area contributed by atoms with Crippen LogP contribution in [0.4, 0.5) is 4.79 Å². The van der Waals surface area contributed by atoms with Gasteiger partial charge in [0.2, 0.25) is 0 Å². The number of carbonyl (C=O) groups excluding carboxylic acids is 1. The Hall–Kier alpha value is -2.02. The Balaban J connectivity index is 2.23. The maximum atomic E-state index is 12.5. The lowest BCUT2D eigenvalue weighted by molar-refractivity contribution is 0.151. The summed E-state index contributed by atoms with van der Waals surface area (Å²) >= 11 is 0. The molecule has 2 atom stereocenters. The van der Waals surface area contributed by atoms with E-state index in [1.54, 1.807) is 0 Å². The third kappa shape index (κ3) is 7.87. The Morgan fingerprint density at radius 1 is 1.13 bits per heavy atom. The van der Waals surface area contributed by atoms with E-state index >= 15 is 0 Å². The van der Waals surface area contributed by atoms with E-state index in [1.807, 2.05) is 67.6 Å². The van der Waals surface area contributed by atoms with Gasteiger partial charge in [0, 0.05) is 10.6 Å². The Kier molecular flexibility index (Phi) is 8.97. The predicted molar refractivity (Wildman–Crippen MR) is 133 cm³/mol. The Bertz CT molecular complexity index is 903. The van der Waals surface area contributed by atoms with E-state index in [0.717, 1.165) is 16.0 Å². The van der Waals surface area contributed by atoms with Crippen LogP contribution in [0.3, 0.4) is 0 Å². The molecule has 0 spiro atoms. The Labute approximate surface area is 190 Å². The molecule has 0 unspecified atom stereocenters. The fourth-order valence-corrected chi connectivity index (χ4v) is 5.56. The molecule has 4 nitrogen and oxygen atoms in total. The van der Waals surface area contributed by atoms with Gasteiger partial charge in [-0.3, -0.25) is 0 Å². The third-order valence-electron chi connectivity index (χ3n) is 5.52. The zero-order chi connectivity index (χ0) is 23.1. The summed E-state index contributed by atoms with van der Waals surface area (Å²) in [6, 6.07) is 17.8. The van der Waals surface area contributed by atoms with Crippen LogP contribution in [-0.2, 0) is 26.5 Å². The second kappa shape index (κ2) is 11.0. The molecule has 0 fully saturated rings. The number of aryl methyl sites for hydroxylation is 1. The lowest BCUT2D eigenvalue weighted by atomic mass is 10.2. The first kappa shape index (κ1) is 25.2. The van der Waals surface area contributed by atoms with Crippen LogP contribution in [0, 0.1) is 6.92 Å². The van der Waals surface area contributed by atoms with Crippen LogP contribution in [0.1, 0.15) is 31.9 Å². The second-order valence-electron chi connectivity index (χ2n) is 9.13. The largest absolute Gasteiger partial charge is 0.443 e. The molecule has 1 amide bonds. The summed E-state index contributed by atoms with van der Waals surface area (Å²) in [5.41, 5.74) is 2.10. The number of hydrogen-bond acceptors (Lipinski definition) is 3. The number of benzene rings is 2. The highest BCUT2D eigenvalue weighted by atomic mass is 32.2. The van der Waals surface area contributed by atoms with Gasteiger partial charge in [0.25, 0.3) is 0 Å². The van der Waals surface area contributed by atoms with Gasteiger partial charge in [0.15, 0.2) is 8.32 Å². The van der Waals surface area contributed by atoms with E-state index in [0.29, 0.717) is 5.75 Å². The zero-order valence-electron chi connectivity index (χ0n) is 19.6. The molecule has 0 radical (unpaired) electrons. The minimum atomic E-state index is -1.99. The summed E-state index contributed by atoms with van der Waals surface area (Å²) in [6.45, 7) is 17.3. The molecule has 0 aliphatic carbocycles. The Morgan fingerprint density at radius 3 is 2.29 bits per heavy atom. The van der Waals surface area contributed by atoms with Gasteiger partial charge in [0.1, 0.15) is 6.61 Å². The van der Waals surface area contributed by atoms with Gasteiger partial charge in [-0.1, -0.05) is 85.6 Å². The smallest absolute Gasteiger partial charge is 0.440 e. The molecule has 0 heterocycles. The second-order valence-corrected chi connectivity index (χ2v) is 15.6. The van der Waals surface area contributed by atoms with Crippen molar-refractivity contribution in [2.45, 2.75) is 63.4 Å². The van der Waals surface area contributed by atoms with Gasteiger partial charge in [-0.2, -0.15) is 0 Å². The first-order valence-electron chi connectivity index (χ1n) is 10.5. The molecular formula is C25H35NO3SSi. The SMILES string of the molecule is C=C[C@@H](C/[S@](=N\C(=O)OCc1ccccc1)c1ccc(C)cc1)O[Si](C)(C)C(C)(C)C. The molecule has 2 aromatic rings. The van der Waals surface area contributed by atoms with Crippen LogP contribution in [0.5, 0.6) is 0 Å². The van der Waals surface area contributed by atoms with E-state index in [4.69, 9.17) is 9.16 Å². The van der Waals surface area contributed by atoms with Crippen LogP contribution in [-0.4, -0.2) is 26.3 Å². The summed E-state index contributed by atoms with van der Waals surface area (Å²) in [7, 11) is -2.69. The lowest BCUT2D eigenvalue weighted by Crippen LogP contribution is -2.44. The zero-order valence-corrected chi connectivity index (χ0v) is 21.4. The molecule has 0 aromatic heterocycles. The fraction of sp³-hybridized carbons (Fsp3) is 0.400. The minimum Gasteiger partial charge on any atom is -0.443 e. The number of amides is 1. The number of rotatable bonds is 8. The highest BCUT2D eigenvalue weighted by Crippen LogP contribution is 2.37. The Morgan fingerprint density at radius 2 is 1.74 bits per heavy atom. The summed E-state index contributed by atoms with van der Waals surface area (Å²) in [4.78, 5) is 13.5. The van der Waals surface area contributed by atoms with Crippen molar-refractivity contribution in [3.8, 4) is 0 Å². The van der Waals surface area contributed by atoms with E-state index < -0.39 is 25.1 Å². The molecular weight excluding hydrogens is 422 g/mol. The van der Waals surface area contributed by atoms with Gasteiger partial charge in [0.05, 0.1) is 6.10 Å². The maximum absolute atomic E-state index is 12.5. The number of hydrogen-bond donors (Lipinski definition) is 0. The van der Waals surface area contributed by atoms with Crippen LogP contribution in [0.2, 0.25) is 18.1 Å². The predicted octanol–water partition coefficient (Wildman–Crippen LogP) is 7.07. The molecule has 0 aliphatic heterocycles. The highest BCUT2D eigenvalue weighted by Gasteiger charge is 2.38. The van der Waals surface area contributed by atoms with Gasteiger partial charge in [-0.25, -0.2) is 4.79 Å². The first-order chi connectivity index (χ1) is 14.5. The van der Waals surface area contributed by atoms with Gasteiger partial charge in [-0.15, -0.1) is 10.9 Å². The molecule has 0 saturated carbocycles. The van der Waals surface area contributed by atoms with Crippen molar-refractivity contribution in [2.24, 2.45) is 4.36 Å². The van der Waals surface area contributed by atoms with Crippen molar-refractivity contribution in [3.63, 3.8) is 0 Å². The molecule has 6 heteroatoms. The van der Waals surface area contributed by atoms with Crippen molar-refractivity contribution in [1.29, 1.82) is 0 Å². The van der Waals surface area contributed by atoms with Crippen molar-refractivity contribution >= 4 is 25.1 Å². The molecule has 2 aromatic carbocycles. The van der Waals surface area contributed by atoms with Gasteiger partial charge < -0.3 is 9.16 Å². The normalized spacial score (nSPS) is 14.1. The van der Waals surface area contributed by atoms with Crippen LogP contribution in [0.15, 0.2) is 76.5 Å². The molecule has 0 saturated heterocycles. The molecule has 2 rings (SSSR count). The quantitative estimate of drug-likeness (QED) is 0.315. The van der Waals surface area contributed by atoms with E-state index in [1.165, 1.54) is 0 Å². The summed E-state index contributed by atoms with van der Waals surface area (Å²) in [5, 5.41) is 0.0858. The van der Waals surface area contributed by atoms with E-state index in [9.17, 15) is 4.79 Å². The summed E-state index contributed by atoms with van der Waals surface area (Å²) in [5.74, 6) is 0.569. The number of ether oxygens (including phenoxy) is 1. The minimum absolute atomic E-state index is 0.0858. The average Bonchev–Trinajstić information content (AvgIpc) is 2.71. The molecule has 168 valence electrons. The monoisotopic (exact) mass is 457 g/mol. The number of carbonyl (C=O) groups is 1. The number of nitrogens with zero attached hydrogens (tertiary/aromatic N) is 1. The van der Waals surface area contributed by atoms with Crippen molar-refractivity contribution in [2.75, 3.05) is 5.75 Å². The fourth-order valence-electron chi connectivity index (χ4n) is 2.58. The third-order valence-corrected chi connectivity index (χ3v) is 11.9. The molecule has 0 bridgehead atoms. The maximum Gasteiger partial charge on any atom is 0.440 e. The highest BCUT2D eigenvalue weighted by molar-refractivity contribution is 7.87. The standard InChI is InChI=1S/C25H35NO3SSi/c1-8-22(29-31(6,7)25(3,4)5)19-30(23-16-14-20(2)15-17-23)26-24(27)28-18-21-12-10-9-11-13-21/h8-17,22H,1,18-19H2,2-7H3/t22-,30-/m0/s1.